The number of hydrogen-bond donors (Lipinski definition) is 4. The lowest BCUT2D eigenvalue weighted by molar-refractivity contribution is -0.0816. The van der Waals surface area contributed by atoms with Gasteiger partial charge in [-0.1, -0.05) is 103 Å². The lowest BCUT2D eigenvalue weighted by atomic mass is 10.0. The van der Waals surface area contributed by atoms with Crippen molar-refractivity contribution >= 4 is 19.2 Å². The highest BCUT2D eigenvalue weighted by Gasteiger charge is 2.35. The summed E-state index contributed by atoms with van der Waals surface area (Å²) in [7, 11) is -4.95. The minimum atomic E-state index is -4.95. The maximum Gasteiger partial charge on any atom is 0.472 e. The number of aliphatic hydroxyl groups excluding tert-OH is 2. The summed E-state index contributed by atoms with van der Waals surface area (Å²) in [6, 6.07) is 8.17. The van der Waals surface area contributed by atoms with Gasteiger partial charge in [0.2, 0.25) is 0 Å². The van der Waals surface area contributed by atoms with Gasteiger partial charge < -0.3 is 35.1 Å². The van der Waals surface area contributed by atoms with Crippen molar-refractivity contribution in [2.75, 3.05) is 32.2 Å². The largest absolute Gasteiger partial charge is 0.491 e. The standard InChI is InChI=1S/C39H58FN6O9P/c1-2-3-4-5-6-7-8-9-10-11-12-13-14-15-16-17-20-51-25-33(26-52-32-22-30(24-41)21-31(40)23-32)55-56(49,50)54-27-36(53-28-42)38(48)37(47)34-18-19-35-39(43)44-29-45-46(34)35/h18-19,21-23,29,33,36-38,47-48H,2-17,20,25-27H2,1H3,(H,49,50)(H2,43,44,45)/t33-,36-,37+,38-/m1/s1. The zero-order chi connectivity index (χ0) is 40.6. The number of benzene rings is 1. The van der Waals surface area contributed by atoms with Crippen LogP contribution in [0.25, 0.3) is 5.52 Å². The van der Waals surface area contributed by atoms with Crippen LogP contribution >= 0.6 is 7.82 Å². The molecular weight excluding hydrogens is 746 g/mol. The van der Waals surface area contributed by atoms with Crippen molar-refractivity contribution in [3.05, 3.63) is 53.7 Å². The fourth-order valence-electron chi connectivity index (χ4n) is 6.21. The molecule has 3 rings (SSSR count). The smallest absolute Gasteiger partial charge is 0.472 e. The number of phosphoric ester groups is 1. The Morgan fingerprint density at radius 2 is 1.52 bits per heavy atom. The Kier molecular flexibility index (Phi) is 21.7. The highest BCUT2D eigenvalue weighted by Crippen LogP contribution is 2.45. The van der Waals surface area contributed by atoms with E-state index in [4.69, 9.17) is 29.0 Å². The van der Waals surface area contributed by atoms with Crippen LogP contribution in [0, 0.1) is 28.7 Å². The number of nitriles is 2. The van der Waals surface area contributed by atoms with Crippen LogP contribution in [0.5, 0.6) is 5.75 Å². The lowest BCUT2D eigenvalue weighted by Crippen LogP contribution is -2.37. The number of hydrogen-bond acceptors (Lipinski definition) is 13. The van der Waals surface area contributed by atoms with E-state index in [1.54, 1.807) is 0 Å². The first kappa shape index (κ1) is 46.5. The zero-order valence-corrected chi connectivity index (χ0v) is 33.2. The van der Waals surface area contributed by atoms with Crippen LogP contribution in [-0.2, 0) is 23.1 Å². The molecule has 2 aromatic heterocycles. The molecule has 0 aliphatic heterocycles. The normalized spacial score (nSPS) is 14.7. The number of aliphatic hydroxyl groups is 2. The number of nitrogens with zero attached hydrogens (tertiary/aromatic N) is 5. The predicted molar refractivity (Wildman–Crippen MR) is 206 cm³/mol. The maximum atomic E-state index is 14.0. The molecule has 0 saturated carbocycles. The summed E-state index contributed by atoms with van der Waals surface area (Å²) in [6.45, 7) is 1.16. The van der Waals surface area contributed by atoms with Gasteiger partial charge in [-0.15, -0.1) is 0 Å². The lowest BCUT2D eigenvalue weighted by Gasteiger charge is -2.26. The Morgan fingerprint density at radius 3 is 2.12 bits per heavy atom. The van der Waals surface area contributed by atoms with Gasteiger partial charge >= 0.3 is 7.82 Å². The van der Waals surface area contributed by atoms with E-state index in [9.17, 15) is 34.6 Å². The fourth-order valence-corrected chi connectivity index (χ4v) is 7.10. The van der Waals surface area contributed by atoms with Crippen LogP contribution in [-0.4, -0.2) is 74.4 Å². The number of rotatable bonds is 31. The number of ether oxygens (including phenoxy) is 3. The van der Waals surface area contributed by atoms with Crippen LogP contribution < -0.4 is 10.5 Å². The average Bonchev–Trinajstić information content (AvgIpc) is 3.62. The van der Waals surface area contributed by atoms with E-state index in [2.05, 4.69) is 17.0 Å². The van der Waals surface area contributed by atoms with E-state index in [1.165, 1.54) is 106 Å². The fraction of sp³-hybridized carbons (Fsp3) is 0.641. The second-order valence-electron chi connectivity index (χ2n) is 13.9. The highest BCUT2D eigenvalue weighted by molar-refractivity contribution is 7.47. The monoisotopic (exact) mass is 804 g/mol. The van der Waals surface area contributed by atoms with Gasteiger partial charge in [0.15, 0.2) is 11.9 Å². The van der Waals surface area contributed by atoms with Crippen molar-refractivity contribution in [2.45, 2.75) is 134 Å². The van der Waals surface area contributed by atoms with Crippen molar-refractivity contribution in [3.63, 3.8) is 0 Å². The molecule has 0 spiro atoms. The van der Waals surface area contributed by atoms with Crippen LogP contribution in [0.4, 0.5) is 10.2 Å². The van der Waals surface area contributed by atoms with Gasteiger partial charge in [-0.25, -0.2) is 18.5 Å². The van der Waals surface area contributed by atoms with E-state index in [0.717, 1.165) is 44.1 Å². The summed E-state index contributed by atoms with van der Waals surface area (Å²) in [5, 5.41) is 44.2. The zero-order valence-electron chi connectivity index (χ0n) is 32.3. The third-order valence-electron chi connectivity index (χ3n) is 9.29. The molecule has 0 radical (unpaired) electrons. The van der Waals surface area contributed by atoms with Gasteiger partial charge in [0.25, 0.3) is 6.26 Å². The second kappa shape index (κ2) is 26.1. The molecule has 5 atom stereocenters. The number of phosphoric acid groups is 1. The van der Waals surface area contributed by atoms with E-state index in [1.807, 2.05) is 6.07 Å². The molecule has 2 heterocycles. The summed E-state index contributed by atoms with van der Waals surface area (Å²) >= 11 is 0. The van der Waals surface area contributed by atoms with Crippen molar-refractivity contribution in [1.82, 2.24) is 14.6 Å². The first-order chi connectivity index (χ1) is 27.1. The van der Waals surface area contributed by atoms with Crippen molar-refractivity contribution in [3.8, 4) is 18.1 Å². The van der Waals surface area contributed by atoms with Gasteiger partial charge in [0, 0.05) is 12.7 Å². The molecule has 1 unspecified atom stereocenters. The molecule has 0 aliphatic carbocycles. The van der Waals surface area contributed by atoms with E-state index >= 15 is 0 Å². The number of aromatic nitrogens is 3. The predicted octanol–water partition coefficient (Wildman–Crippen LogP) is 7.44. The van der Waals surface area contributed by atoms with Crippen molar-refractivity contribution in [1.29, 1.82) is 10.5 Å². The summed E-state index contributed by atoms with van der Waals surface area (Å²) in [4.78, 5) is 14.5. The highest BCUT2D eigenvalue weighted by atomic mass is 31.2. The summed E-state index contributed by atoms with van der Waals surface area (Å²) < 4.78 is 55.0. The van der Waals surface area contributed by atoms with Gasteiger partial charge in [0.05, 0.1) is 30.5 Å². The number of fused-ring (bicyclic) bond motifs is 1. The number of unbranched alkanes of at least 4 members (excludes halogenated alkanes) is 15. The molecule has 17 heteroatoms. The number of anilines is 1. The van der Waals surface area contributed by atoms with E-state index in [-0.39, 0.29) is 36.0 Å². The van der Waals surface area contributed by atoms with E-state index < -0.39 is 44.7 Å². The Hall–Kier alpha value is -3.86. The molecule has 0 aliphatic rings. The molecule has 15 nitrogen and oxygen atoms in total. The van der Waals surface area contributed by atoms with Crippen molar-refractivity contribution in [2.24, 2.45) is 0 Å². The van der Waals surface area contributed by atoms with Gasteiger partial charge in [0.1, 0.15) is 48.3 Å². The molecule has 310 valence electrons. The molecule has 5 N–H and O–H groups in total. The Labute approximate surface area is 329 Å². The van der Waals surface area contributed by atoms with Crippen LogP contribution in [0.3, 0.4) is 0 Å². The minimum absolute atomic E-state index is 0.00817. The van der Waals surface area contributed by atoms with Gasteiger partial charge in [-0.3, -0.25) is 9.05 Å². The SMILES string of the molecule is CCCCCCCCCCCCCCCCCCOC[C@H](COc1cc(F)cc(C#N)c1)OP(=O)(O)OC[C@@H](OC#N)[C@@H](O)[C@@H](O)c1ccc2c(N)ncnn12. The second-order valence-corrected chi connectivity index (χ2v) is 15.3. The molecule has 0 amide bonds. The summed E-state index contributed by atoms with van der Waals surface area (Å²) in [5.41, 5.74) is 6.28. The third kappa shape index (κ3) is 17.1. The number of halogens is 1. The number of nitrogen functional groups attached to an aromatic ring is 1. The third-order valence-corrected chi connectivity index (χ3v) is 10.3. The number of nitrogens with two attached hydrogens (primary N) is 1. The summed E-state index contributed by atoms with van der Waals surface area (Å²) in [5.74, 6) is -0.596. The molecule has 0 bridgehead atoms. The van der Waals surface area contributed by atoms with Crippen molar-refractivity contribution < 1.29 is 47.3 Å². The van der Waals surface area contributed by atoms with Crippen LogP contribution in [0.15, 0.2) is 36.7 Å². The topological polar surface area (TPSA) is 228 Å². The van der Waals surface area contributed by atoms with Gasteiger partial charge in [-0.2, -0.15) is 15.6 Å². The first-order valence-corrected chi connectivity index (χ1v) is 21.1. The Bertz CT molecular complexity index is 1700. The molecule has 0 fully saturated rings. The minimum Gasteiger partial charge on any atom is -0.491 e. The molecule has 0 saturated heterocycles. The Balaban J connectivity index is 1.45. The molecular formula is C39H58FN6O9P. The van der Waals surface area contributed by atoms with Crippen LogP contribution in [0.2, 0.25) is 0 Å². The van der Waals surface area contributed by atoms with Gasteiger partial charge in [-0.05, 0) is 30.7 Å². The molecule has 56 heavy (non-hydrogen) atoms. The first-order valence-electron chi connectivity index (χ1n) is 19.6. The maximum absolute atomic E-state index is 14.0. The molecule has 3 aromatic rings. The van der Waals surface area contributed by atoms with Crippen LogP contribution in [0.1, 0.15) is 127 Å². The molecule has 1 aromatic carbocycles. The van der Waals surface area contributed by atoms with E-state index in [0.29, 0.717) is 12.1 Å². The Morgan fingerprint density at radius 1 is 0.893 bits per heavy atom. The average molecular weight is 805 g/mol. The quantitative estimate of drug-likeness (QED) is 0.0282. The summed E-state index contributed by atoms with van der Waals surface area (Å²) in [6.07, 6.45) is 15.9.